The van der Waals surface area contributed by atoms with E-state index in [4.69, 9.17) is 4.74 Å². The molecule has 0 radical (unpaired) electrons. The molecule has 2 aromatic rings. The topological polar surface area (TPSA) is 42.8 Å². The van der Waals surface area contributed by atoms with Crippen molar-refractivity contribution in [1.82, 2.24) is 0 Å². The Hall–Kier alpha value is -1.85. The van der Waals surface area contributed by atoms with E-state index in [9.17, 15) is 4.79 Å². The quantitative estimate of drug-likeness (QED) is 0.864. The van der Waals surface area contributed by atoms with Gasteiger partial charge in [0.2, 0.25) is 0 Å². The number of benzene rings is 1. The summed E-state index contributed by atoms with van der Waals surface area (Å²) in [5.74, 6) is 1.54. The minimum atomic E-state index is 0.0724. The lowest BCUT2D eigenvalue weighted by Gasteiger charge is -2.32. The monoisotopic (exact) mass is 357 g/mol. The van der Waals surface area contributed by atoms with Gasteiger partial charge in [0.25, 0.3) is 5.91 Å². The Kier molecular flexibility index (Phi) is 4.52. The number of thiophene rings is 1. The summed E-state index contributed by atoms with van der Waals surface area (Å²) in [5.41, 5.74) is 3.37. The second kappa shape index (κ2) is 6.81. The van der Waals surface area contributed by atoms with Gasteiger partial charge in [-0.1, -0.05) is 6.07 Å². The predicted octanol–water partition coefficient (Wildman–Crippen LogP) is 2.60. The van der Waals surface area contributed by atoms with Crippen LogP contribution < -0.4 is 15.0 Å². The van der Waals surface area contributed by atoms with Crippen LogP contribution in [0.5, 0.6) is 5.75 Å². The van der Waals surface area contributed by atoms with Crippen molar-refractivity contribution in [2.75, 3.05) is 25.5 Å². The number of hydrogen-bond acceptors (Lipinski definition) is 3. The fraction of sp³-hybridized carbons (Fsp3) is 0.450. The molecule has 1 aromatic carbocycles. The van der Waals surface area contributed by atoms with E-state index in [0.717, 1.165) is 30.1 Å². The molecule has 2 atom stereocenters. The van der Waals surface area contributed by atoms with E-state index in [1.807, 2.05) is 36.5 Å². The number of ether oxygens (including phenoxy) is 1. The highest BCUT2D eigenvalue weighted by atomic mass is 32.1. The van der Waals surface area contributed by atoms with E-state index >= 15 is 0 Å². The molecule has 1 aliphatic heterocycles. The first-order valence-corrected chi connectivity index (χ1v) is 9.89. The fourth-order valence-electron chi connectivity index (χ4n) is 4.02. The predicted molar refractivity (Wildman–Crippen MR) is 101 cm³/mol. The van der Waals surface area contributed by atoms with Gasteiger partial charge >= 0.3 is 0 Å². The highest BCUT2D eigenvalue weighted by Crippen LogP contribution is 2.42. The van der Waals surface area contributed by atoms with Crippen molar-refractivity contribution in [3.05, 3.63) is 45.6 Å². The number of quaternary nitrogens is 1. The summed E-state index contributed by atoms with van der Waals surface area (Å²) in [6.45, 7) is 3.59. The third-order valence-corrected chi connectivity index (χ3v) is 6.33. The zero-order valence-corrected chi connectivity index (χ0v) is 15.6. The van der Waals surface area contributed by atoms with Crippen molar-refractivity contribution in [2.45, 2.75) is 32.2 Å². The zero-order valence-electron chi connectivity index (χ0n) is 14.8. The number of carbonyl (C=O) groups is 1. The Balaban J connectivity index is 1.48. The summed E-state index contributed by atoms with van der Waals surface area (Å²) in [4.78, 5) is 15.7. The maximum absolute atomic E-state index is 12.7. The van der Waals surface area contributed by atoms with Crippen molar-refractivity contribution in [3.8, 4) is 5.75 Å². The van der Waals surface area contributed by atoms with Gasteiger partial charge in [0, 0.05) is 22.8 Å². The van der Waals surface area contributed by atoms with E-state index in [0.29, 0.717) is 18.3 Å². The van der Waals surface area contributed by atoms with E-state index in [2.05, 4.69) is 16.8 Å². The molecule has 0 saturated heterocycles. The lowest BCUT2D eigenvalue weighted by molar-refractivity contribution is -0.928. The summed E-state index contributed by atoms with van der Waals surface area (Å²) in [7, 11) is 1.64. The average molecular weight is 357 g/mol. The summed E-state index contributed by atoms with van der Waals surface area (Å²) in [6.07, 6.45) is 3.69. The van der Waals surface area contributed by atoms with E-state index in [1.165, 1.54) is 28.2 Å². The second-order valence-electron chi connectivity index (χ2n) is 7.20. The molecule has 1 amide bonds. The number of amides is 1. The third-order valence-electron chi connectivity index (χ3n) is 5.34. The molecule has 1 saturated carbocycles. The number of methoxy groups -OCH3 is 1. The maximum Gasteiger partial charge on any atom is 0.279 e. The van der Waals surface area contributed by atoms with Gasteiger partial charge in [-0.3, -0.25) is 4.79 Å². The van der Waals surface area contributed by atoms with Crippen LogP contribution in [0.1, 0.15) is 34.9 Å². The first-order valence-electron chi connectivity index (χ1n) is 9.01. The summed E-state index contributed by atoms with van der Waals surface area (Å²) >= 11 is 1.87. The largest absolute Gasteiger partial charge is 0.495 e. The van der Waals surface area contributed by atoms with Gasteiger partial charge in [-0.2, -0.15) is 0 Å². The van der Waals surface area contributed by atoms with Crippen LogP contribution in [-0.4, -0.2) is 26.1 Å². The number of rotatable bonds is 5. The highest BCUT2D eigenvalue weighted by molar-refractivity contribution is 7.10. The number of carbonyl (C=O) groups excluding carboxylic acids is 1. The van der Waals surface area contributed by atoms with Crippen molar-refractivity contribution < 1.29 is 14.4 Å². The van der Waals surface area contributed by atoms with Crippen LogP contribution in [0.25, 0.3) is 0 Å². The molecule has 1 unspecified atom stereocenters. The molecule has 25 heavy (non-hydrogen) atoms. The van der Waals surface area contributed by atoms with Crippen LogP contribution in [0.3, 0.4) is 0 Å². The standard InChI is InChI=1S/C20H24N2O2S/c1-13-3-6-17(24-2)16(11-13)21-19(23)12-22-9-7-18-15(8-10-25-18)20(22)14-4-5-14/h3,6,8,10-11,14,20H,4-5,7,9,12H2,1-2H3,(H,21,23)/p+1/t20-/m0/s1. The summed E-state index contributed by atoms with van der Waals surface area (Å²) < 4.78 is 5.38. The van der Waals surface area contributed by atoms with Crippen LogP contribution in [0, 0.1) is 12.8 Å². The van der Waals surface area contributed by atoms with Crippen molar-refractivity contribution >= 4 is 22.9 Å². The van der Waals surface area contributed by atoms with Crippen molar-refractivity contribution in [3.63, 3.8) is 0 Å². The van der Waals surface area contributed by atoms with Crippen LogP contribution in [0.2, 0.25) is 0 Å². The molecule has 1 aromatic heterocycles. The SMILES string of the molecule is COc1ccc(C)cc1NC(=O)C[NH+]1CCc2sccc2[C@@H]1C1CC1. The Labute approximate surface area is 152 Å². The first kappa shape index (κ1) is 16.6. The molecule has 1 aliphatic carbocycles. The number of hydrogen-bond donors (Lipinski definition) is 2. The molecule has 2 heterocycles. The van der Waals surface area contributed by atoms with E-state index in [1.54, 1.807) is 7.11 Å². The van der Waals surface area contributed by atoms with E-state index in [-0.39, 0.29) is 5.91 Å². The molecule has 2 aliphatic rings. The molecular weight excluding hydrogens is 332 g/mol. The molecule has 1 fully saturated rings. The minimum Gasteiger partial charge on any atom is -0.495 e. The first-order chi connectivity index (χ1) is 12.2. The Morgan fingerprint density at radius 3 is 2.96 bits per heavy atom. The Morgan fingerprint density at radius 2 is 2.20 bits per heavy atom. The maximum atomic E-state index is 12.7. The Bertz CT molecular complexity index is 782. The number of aryl methyl sites for hydroxylation is 1. The third kappa shape index (κ3) is 3.44. The lowest BCUT2D eigenvalue weighted by atomic mass is 9.96. The van der Waals surface area contributed by atoms with Gasteiger partial charge < -0.3 is 15.0 Å². The fourth-order valence-corrected chi connectivity index (χ4v) is 4.95. The van der Waals surface area contributed by atoms with Crippen LogP contribution in [-0.2, 0) is 11.2 Å². The minimum absolute atomic E-state index is 0.0724. The van der Waals surface area contributed by atoms with Crippen LogP contribution >= 0.6 is 11.3 Å². The summed E-state index contributed by atoms with van der Waals surface area (Å²) in [6, 6.07) is 8.65. The van der Waals surface area contributed by atoms with Gasteiger partial charge in [0.05, 0.1) is 19.3 Å². The number of anilines is 1. The molecule has 132 valence electrons. The number of nitrogens with one attached hydrogen (secondary N) is 2. The van der Waals surface area contributed by atoms with Crippen molar-refractivity contribution in [1.29, 1.82) is 0 Å². The lowest BCUT2D eigenvalue weighted by Crippen LogP contribution is -3.14. The smallest absolute Gasteiger partial charge is 0.279 e. The normalized spacial score (nSPS) is 22.3. The van der Waals surface area contributed by atoms with Crippen LogP contribution in [0.4, 0.5) is 5.69 Å². The van der Waals surface area contributed by atoms with Gasteiger partial charge in [-0.15, -0.1) is 11.3 Å². The van der Waals surface area contributed by atoms with Gasteiger partial charge in [-0.05, 0) is 48.9 Å². The molecule has 4 rings (SSSR count). The van der Waals surface area contributed by atoms with Gasteiger partial charge in [0.15, 0.2) is 6.54 Å². The molecule has 0 bridgehead atoms. The van der Waals surface area contributed by atoms with Gasteiger partial charge in [-0.25, -0.2) is 0 Å². The molecule has 2 N–H and O–H groups in total. The Morgan fingerprint density at radius 1 is 1.36 bits per heavy atom. The van der Waals surface area contributed by atoms with Gasteiger partial charge in [0.1, 0.15) is 11.8 Å². The summed E-state index contributed by atoms with van der Waals surface area (Å²) in [5, 5.41) is 5.27. The second-order valence-corrected chi connectivity index (χ2v) is 8.20. The van der Waals surface area contributed by atoms with Crippen LogP contribution in [0.15, 0.2) is 29.6 Å². The molecular formula is C20H25N2O2S+. The number of fused-ring (bicyclic) bond motifs is 1. The zero-order chi connectivity index (χ0) is 17.4. The molecule has 4 nitrogen and oxygen atoms in total. The average Bonchev–Trinajstić information content (AvgIpc) is 3.31. The molecule has 0 spiro atoms. The molecule has 5 heteroatoms. The highest BCUT2D eigenvalue weighted by Gasteiger charge is 2.43. The van der Waals surface area contributed by atoms with Crippen molar-refractivity contribution in [2.24, 2.45) is 5.92 Å². The van der Waals surface area contributed by atoms with E-state index < -0.39 is 0 Å².